The van der Waals surface area contributed by atoms with Crippen molar-refractivity contribution in [3.63, 3.8) is 0 Å². The van der Waals surface area contributed by atoms with Crippen LogP contribution in [0.2, 0.25) is 0 Å². The Labute approximate surface area is 179 Å². The Kier molecular flexibility index (Phi) is 5.33. The second-order valence-electron chi connectivity index (χ2n) is 8.03. The highest BCUT2D eigenvalue weighted by Gasteiger charge is 2.41. The van der Waals surface area contributed by atoms with Crippen molar-refractivity contribution >= 4 is 39.2 Å². The van der Waals surface area contributed by atoms with Crippen molar-refractivity contribution in [3.8, 4) is 0 Å². The predicted octanol–water partition coefficient (Wildman–Crippen LogP) is 4.94. The molecule has 0 saturated carbocycles. The minimum atomic E-state index is 0.0564. The van der Waals surface area contributed by atoms with Gasteiger partial charge in [-0.05, 0) is 49.6 Å². The normalized spacial score (nSPS) is 24.1. The van der Waals surface area contributed by atoms with Crippen molar-refractivity contribution in [2.75, 3.05) is 6.26 Å². The fourth-order valence-electron chi connectivity index (χ4n) is 4.91. The first-order valence-electron chi connectivity index (χ1n) is 10.2. The molecule has 0 radical (unpaired) electrons. The van der Waals surface area contributed by atoms with E-state index in [-0.39, 0.29) is 11.9 Å². The number of pyridine rings is 1. The molecule has 1 amide bonds. The number of aromatic nitrogens is 1. The van der Waals surface area contributed by atoms with Crippen LogP contribution in [0.25, 0.3) is 10.2 Å². The van der Waals surface area contributed by atoms with Crippen molar-refractivity contribution in [2.24, 2.45) is 0 Å². The van der Waals surface area contributed by atoms with Crippen molar-refractivity contribution in [3.05, 3.63) is 59.1 Å². The number of carbonyl (C=O) groups is 1. The molecule has 0 aliphatic carbocycles. The van der Waals surface area contributed by atoms with Crippen LogP contribution in [0.1, 0.15) is 40.9 Å². The maximum Gasteiger partial charge on any atom is 0.261 e. The van der Waals surface area contributed by atoms with Crippen molar-refractivity contribution < 1.29 is 4.79 Å². The van der Waals surface area contributed by atoms with Gasteiger partial charge in [0.2, 0.25) is 0 Å². The lowest BCUT2D eigenvalue weighted by Gasteiger charge is -2.39. The molecule has 2 aliphatic rings. The van der Waals surface area contributed by atoms with Gasteiger partial charge in [-0.25, -0.2) is 4.98 Å². The number of fused-ring (bicyclic) bond motifs is 3. The molecule has 5 rings (SSSR count). The highest BCUT2D eigenvalue weighted by atomic mass is 32.2. The van der Waals surface area contributed by atoms with Crippen LogP contribution < -0.4 is 5.32 Å². The summed E-state index contributed by atoms with van der Waals surface area (Å²) in [7, 11) is 0. The molecule has 0 spiro atoms. The van der Waals surface area contributed by atoms with Crippen LogP contribution in [-0.2, 0) is 6.54 Å². The monoisotopic (exact) mass is 423 g/mol. The van der Waals surface area contributed by atoms with E-state index >= 15 is 0 Å². The molecule has 2 aliphatic heterocycles. The zero-order valence-corrected chi connectivity index (χ0v) is 18.1. The number of thioether (sulfide) groups is 1. The number of nitrogens with one attached hydrogen (secondary N) is 1. The Morgan fingerprint density at radius 3 is 2.69 bits per heavy atom. The van der Waals surface area contributed by atoms with E-state index in [4.69, 9.17) is 0 Å². The Hall–Kier alpha value is -1.89. The number of amides is 1. The first-order chi connectivity index (χ1) is 14.2. The van der Waals surface area contributed by atoms with Crippen molar-refractivity contribution in [1.29, 1.82) is 0 Å². The molecule has 2 fully saturated rings. The quantitative estimate of drug-likeness (QED) is 0.590. The lowest BCUT2D eigenvalue weighted by molar-refractivity contribution is 0.0831. The number of nitrogens with zero attached hydrogens (tertiary/aromatic N) is 2. The summed E-state index contributed by atoms with van der Waals surface area (Å²) in [6.45, 7) is 1.02. The topological polar surface area (TPSA) is 45.2 Å². The SMILES string of the molecule is CSc1ccnc2sc(C(=O)NC3CC4CCC(C3)N4Cc3ccccc3)cc12. The number of thiophene rings is 1. The molecular formula is C23H25N3OS2. The highest BCUT2D eigenvalue weighted by molar-refractivity contribution is 7.98. The van der Waals surface area contributed by atoms with Gasteiger partial charge >= 0.3 is 0 Å². The van der Waals surface area contributed by atoms with Gasteiger partial charge in [0.05, 0.1) is 4.88 Å². The largest absolute Gasteiger partial charge is 0.348 e. The lowest BCUT2D eigenvalue weighted by atomic mass is 9.96. The second-order valence-corrected chi connectivity index (χ2v) is 9.91. The van der Waals surface area contributed by atoms with Gasteiger partial charge < -0.3 is 5.32 Å². The smallest absolute Gasteiger partial charge is 0.261 e. The van der Waals surface area contributed by atoms with Crippen LogP contribution in [0.3, 0.4) is 0 Å². The minimum Gasteiger partial charge on any atom is -0.348 e. The van der Waals surface area contributed by atoms with Gasteiger partial charge in [-0.3, -0.25) is 9.69 Å². The van der Waals surface area contributed by atoms with Crippen LogP contribution in [0.15, 0.2) is 53.6 Å². The van der Waals surface area contributed by atoms with E-state index in [1.807, 2.05) is 18.3 Å². The van der Waals surface area contributed by atoms with Gasteiger partial charge in [0.25, 0.3) is 5.91 Å². The molecule has 4 heterocycles. The number of piperidine rings is 1. The van der Waals surface area contributed by atoms with E-state index in [1.54, 1.807) is 11.8 Å². The average molecular weight is 424 g/mol. The number of benzene rings is 1. The molecule has 2 bridgehead atoms. The number of hydrogen-bond donors (Lipinski definition) is 1. The first kappa shape index (κ1) is 19.1. The first-order valence-corrected chi connectivity index (χ1v) is 12.3. The summed E-state index contributed by atoms with van der Waals surface area (Å²) in [6, 6.07) is 16.2. The summed E-state index contributed by atoms with van der Waals surface area (Å²) in [4.78, 5) is 22.9. The molecule has 29 heavy (non-hydrogen) atoms. The highest BCUT2D eigenvalue weighted by Crippen LogP contribution is 2.37. The zero-order chi connectivity index (χ0) is 19.8. The van der Waals surface area contributed by atoms with Gasteiger partial charge in [0.15, 0.2) is 0 Å². The third kappa shape index (κ3) is 3.81. The fourth-order valence-corrected chi connectivity index (χ4v) is 6.47. The van der Waals surface area contributed by atoms with E-state index in [1.165, 1.54) is 34.6 Å². The lowest BCUT2D eigenvalue weighted by Crippen LogP contribution is -2.49. The Morgan fingerprint density at radius 1 is 1.21 bits per heavy atom. The molecule has 2 aromatic heterocycles. The number of rotatable bonds is 5. The average Bonchev–Trinajstić information content (AvgIpc) is 3.27. The summed E-state index contributed by atoms with van der Waals surface area (Å²) in [5.41, 5.74) is 1.38. The summed E-state index contributed by atoms with van der Waals surface area (Å²) < 4.78 is 0. The molecule has 2 atom stereocenters. The second kappa shape index (κ2) is 8.09. The third-order valence-corrected chi connectivity index (χ3v) is 8.10. The maximum absolute atomic E-state index is 12.9. The zero-order valence-electron chi connectivity index (χ0n) is 16.5. The Bertz CT molecular complexity index is 1010. The molecule has 2 saturated heterocycles. The molecular weight excluding hydrogens is 398 g/mol. The molecule has 3 aromatic rings. The molecule has 150 valence electrons. The van der Waals surface area contributed by atoms with E-state index in [9.17, 15) is 4.79 Å². The van der Waals surface area contributed by atoms with E-state index in [2.05, 4.69) is 51.8 Å². The number of carbonyl (C=O) groups excluding carboxylic acids is 1. The summed E-state index contributed by atoms with van der Waals surface area (Å²) in [6.07, 6.45) is 8.47. The molecule has 1 N–H and O–H groups in total. The van der Waals surface area contributed by atoms with Gasteiger partial charge in [-0.2, -0.15) is 0 Å². The Balaban J connectivity index is 1.26. The molecule has 2 unspecified atom stereocenters. The Morgan fingerprint density at radius 2 is 1.97 bits per heavy atom. The van der Waals surface area contributed by atoms with Crippen LogP contribution >= 0.6 is 23.1 Å². The van der Waals surface area contributed by atoms with Crippen molar-refractivity contribution in [1.82, 2.24) is 15.2 Å². The maximum atomic E-state index is 12.9. The molecule has 4 nitrogen and oxygen atoms in total. The summed E-state index contributed by atoms with van der Waals surface area (Å²) in [5.74, 6) is 0.0564. The fraction of sp³-hybridized carbons (Fsp3) is 0.391. The van der Waals surface area contributed by atoms with Crippen LogP contribution in [0, 0.1) is 0 Å². The van der Waals surface area contributed by atoms with Gasteiger partial charge in [-0.15, -0.1) is 23.1 Å². The summed E-state index contributed by atoms with van der Waals surface area (Å²) >= 11 is 3.19. The van der Waals surface area contributed by atoms with E-state index in [0.29, 0.717) is 12.1 Å². The van der Waals surface area contributed by atoms with Gasteiger partial charge in [0, 0.05) is 41.1 Å². The van der Waals surface area contributed by atoms with E-state index < -0.39 is 0 Å². The predicted molar refractivity (Wildman–Crippen MR) is 121 cm³/mol. The van der Waals surface area contributed by atoms with Crippen LogP contribution in [-0.4, -0.2) is 40.2 Å². The number of hydrogen-bond acceptors (Lipinski definition) is 5. The van der Waals surface area contributed by atoms with E-state index in [0.717, 1.165) is 34.5 Å². The summed E-state index contributed by atoms with van der Waals surface area (Å²) in [5, 5.41) is 4.42. The molecule has 6 heteroatoms. The standard InChI is InChI=1S/C23H25N3OS2/c1-28-20-9-10-24-23-19(20)13-21(29-23)22(27)25-16-11-17-7-8-18(12-16)26(17)14-15-5-3-2-4-6-15/h2-6,9-10,13,16-18H,7-8,11-12,14H2,1H3,(H,25,27). The van der Waals surface area contributed by atoms with Gasteiger partial charge in [-0.1, -0.05) is 30.3 Å². The van der Waals surface area contributed by atoms with Crippen molar-refractivity contribution in [2.45, 2.75) is 55.2 Å². The van der Waals surface area contributed by atoms with Crippen LogP contribution in [0.4, 0.5) is 0 Å². The molecule has 1 aromatic carbocycles. The van der Waals surface area contributed by atoms with Crippen LogP contribution in [0.5, 0.6) is 0 Å². The van der Waals surface area contributed by atoms with Gasteiger partial charge in [0.1, 0.15) is 4.83 Å². The minimum absolute atomic E-state index is 0.0564. The third-order valence-electron chi connectivity index (χ3n) is 6.27.